The van der Waals surface area contributed by atoms with Crippen molar-refractivity contribution in [3.05, 3.63) is 30.3 Å². The molecule has 3 rings (SSSR count). The minimum atomic E-state index is -0.0503. The number of likely N-dealkylation sites (tertiary alicyclic amines) is 2. The molecule has 6 nitrogen and oxygen atoms in total. The Kier molecular flexibility index (Phi) is 7.51. The standard InChI is InChI=1S/C21H32N4O2/c26-20(22-11-16-24-12-5-2-6-13-24)17-18-9-14-25(15-10-18)21(27)23-19-7-3-1-4-8-19/h1,3-4,7-8,18H,2,5-6,9-17H2,(H,22,26)(H,23,27). The van der Waals surface area contributed by atoms with E-state index in [2.05, 4.69) is 15.5 Å². The molecule has 2 fully saturated rings. The van der Waals surface area contributed by atoms with Gasteiger partial charge in [-0.2, -0.15) is 0 Å². The molecule has 0 saturated carbocycles. The quantitative estimate of drug-likeness (QED) is 0.807. The van der Waals surface area contributed by atoms with Gasteiger partial charge < -0.3 is 20.4 Å². The van der Waals surface area contributed by atoms with Crippen LogP contribution in [0.25, 0.3) is 0 Å². The van der Waals surface area contributed by atoms with Gasteiger partial charge in [0.05, 0.1) is 0 Å². The molecular formula is C21H32N4O2. The highest BCUT2D eigenvalue weighted by molar-refractivity contribution is 5.89. The van der Waals surface area contributed by atoms with Crippen LogP contribution in [0.1, 0.15) is 38.5 Å². The molecule has 6 heteroatoms. The zero-order valence-corrected chi connectivity index (χ0v) is 16.2. The molecule has 0 spiro atoms. The van der Waals surface area contributed by atoms with Crippen molar-refractivity contribution in [2.75, 3.05) is 44.6 Å². The van der Waals surface area contributed by atoms with Crippen LogP contribution in [0.15, 0.2) is 30.3 Å². The summed E-state index contributed by atoms with van der Waals surface area (Å²) in [5.41, 5.74) is 0.817. The average molecular weight is 373 g/mol. The van der Waals surface area contributed by atoms with Crippen molar-refractivity contribution in [1.29, 1.82) is 0 Å². The molecule has 0 aromatic heterocycles. The molecule has 27 heavy (non-hydrogen) atoms. The highest BCUT2D eigenvalue weighted by atomic mass is 16.2. The lowest BCUT2D eigenvalue weighted by molar-refractivity contribution is -0.122. The Bertz CT molecular complexity index is 593. The van der Waals surface area contributed by atoms with E-state index in [0.717, 1.165) is 31.6 Å². The van der Waals surface area contributed by atoms with Crippen molar-refractivity contribution in [3.8, 4) is 0 Å². The molecule has 2 heterocycles. The zero-order chi connectivity index (χ0) is 18.9. The topological polar surface area (TPSA) is 64.7 Å². The van der Waals surface area contributed by atoms with Crippen LogP contribution in [0.2, 0.25) is 0 Å². The predicted molar refractivity (Wildman–Crippen MR) is 108 cm³/mol. The molecule has 0 aliphatic carbocycles. The summed E-state index contributed by atoms with van der Waals surface area (Å²) in [6.07, 6.45) is 6.26. The van der Waals surface area contributed by atoms with Crippen LogP contribution in [0.4, 0.5) is 10.5 Å². The van der Waals surface area contributed by atoms with Crippen molar-refractivity contribution >= 4 is 17.6 Å². The Balaban J connectivity index is 1.30. The summed E-state index contributed by atoms with van der Waals surface area (Å²) in [6.45, 7) is 5.47. The van der Waals surface area contributed by atoms with Gasteiger partial charge in [0.2, 0.25) is 5.91 Å². The molecular weight excluding hydrogens is 340 g/mol. The SMILES string of the molecule is O=C(CC1CCN(C(=O)Nc2ccccc2)CC1)NCCN1CCCCC1. The van der Waals surface area contributed by atoms with Gasteiger partial charge in [-0.1, -0.05) is 24.6 Å². The van der Waals surface area contributed by atoms with Crippen molar-refractivity contribution in [1.82, 2.24) is 15.1 Å². The van der Waals surface area contributed by atoms with Crippen LogP contribution in [0.3, 0.4) is 0 Å². The first-order valence-corrected chi connectivity index (χ1v) is 10.3. The van der Waals surface area contributed by atoms with Gasteiger partial charge in [-0.3, -0.25) is 4.79 Å². The lowest BCUT2D eigenvalue weighted by Gasteiger charge is -2.32. The Morgan fingerprint density at radius 3 is 2.37 bits per heavy atom. The number of rotatable bonds is 6. The minimum absolute atomic E-state index is 0.0503. The minimum Gasteiger partial charge on any atom is -0.355 e. The molecule has 2 saturated heterocycles. The maximum atomic E-state index is 12.3. The van der Waals surface area contributed by atoms with Crippen molar-refractivity contribution in [2.24, 2.45) is 5.92 Å². The number of benzene rings is 1. The van der Waals surface area contributed by atoms with E-state index in [0.29, 0.717) is 25.4 Å². The van der Waals surface area contributed by atoms with Gasteiger partial charge in [-0.05, 0) is 56.8 Å². The molecule has 0 radical (unpaired) electrons. The van der Waals surface area contributed by atoms with Crippen molar-refractivity contribution < 1.29 is 9.59 Å². The number of carbonyl (C=O) groups is 2. The number of hydrogen-bond donors (Lipinski definition) is 2. The number of carbonyl (C=O) groups excluding carboxylic acids is 2. The monoisotopic (exact) mass is 372 g/mol. The number of anilines is 1. The molecule has 0 unspecified atom stereocenters. The van der Waals surface area contributed by atoms with Crippen LogP contribution < -0.4 is 10.6 Å². The third kappa shape index (κ3) is 6.54. The second-order valence-corrected chi connectivity index (χ2v) is 7.68. The first-order valence-electron chi connectivity index (χ1n) is 10.3. The molecule has 0 bridgehead atoms. The lowest BCUT2D eigenvalue weighted by atomic mass is 9.93. The number of nitrogens with one attached hydrogen (secondary N) is 2. The fourth-order valence-corrected chi connectivity index (χ4v) is 3.93. The molecule has 2 aliphatic heterocycles. The lowest BCUT2D eigenvalue weighted by Crippen LogP contribution is -2.42. The van der Waals surface area contributed by atoms with E-state index in [9.17, 15) is 9.59 Å². The van der Waals surface area contributed by atoms with Crippen LogP contribution in [0, 0.1) is 5.92 Å². The number of amides is 3. The summed E-state index contributed by atoms with van der Waals surface area (Å²) in [5.74, 6) is 0.528. The van der Waals surface area contributed by atoms with E-state index in [1.54, 1.807) is 0 Å². The molecule has 1 aromatic rings. The Hall–Kier alpha value is -2.08. The van der Waals surface area contributed by atoms with Crippen LogP contribution in [0.5, 0.6) is 0 Å². The Morgan fingerprint density at radius 2 is 1.67 bits per heavy atom. The van der Waals surface area contributed by atoms with Crippen LogP contribution in [-0.4, -0.2) is 61.0 Å². The van der Waals surface area contributed by atoms with Crippen molar-refractivity contribution in [2.45, 2.75) is 38.5 Å². The summed E-state index contributed by atoms with van der Waals surface area (Å²) >= 11 is 0. The number of urea groups is 1. The van der Waals surface area contributed by atoms with Gasteiger partial charge in [0.15, 0.2) is 0 Å². The fourth-order valence-electron chi connectivity index (χ4n) is 3.93. The smallest absolute Gasteiger partial charge is 0.321 e. The van der Waals surface area contributed by atoms with Crippen LogP contribution in [-0.2, 0) is 4.79 Å². The number of para-hydroxylation sites is 1. The van der Waals surface area contributed by atoms with Crippen LogP contribution >= 0.6 is 0 Å². The summed E-state index contributed by atoms with van der Waals surface area (Å²) in [6, 6.07) is 9.47. The van der Waals surface area contributed by atoms with E-state index in [1.165, 1.54) is 32.4 Å². The zero-order valence-electron chi connectivity index (χ0n) is 16.2. The Labute approximate surface area is 162 Å². The van der Waals surface area contributed by atoms with E-state index in [1.807, 2.05) is 35.2 Å². The highest BCUT2D eigenvalue weighted by Crippen LogP contribution is 2.21. The normalized spacial score (nSPS) is 18.9. The highest BCUT2D eigenvalue weighted by Gasteiger charge is 2.24. The number of piperidine rings is 2. The number of hydrogen-bond acceptors (Lipinski definition) is 3. The first kappa shape index (κ1) is 19.7. The summed E-state index contributed by atoms with van der Waals surface area (Å²) in [5, 5.41) is 6.00. The Morgan fingerprint density at radius 1 is 0.963 bits per heavy atom. The maximum Gasteiger partial charge on any atom is 0.321 e. The van der Waals surface area contributed by atoms with Gasteiger partial charge >= 0.3 is 6.03 Å². The average Bonchev–Trinajstić information content (AvgIpc) is 2.70. The second-order valence-electron chi connectivity index (χ2n) is 7.68. The summed E-state index contributed by atoms with van der Waals surface area (Å²) < 4.78 is 0. The van der Waals surface area contributed by atoms with Gasteiger partial charge in [-0.25, -0.2) is 4.79 Å². The third-order valence-electron chi connectivity index (χ3n) is 5.60. The molecule has 148 valence electrons. The van der Waals surface area contributed by atoms with Gasteiger partial charge in [0.1, 0.15) is 0 Å². The maximum absolute atomic E-state index is 12.3. The second kappa shape index (κ2) is 10.3. The molecule has 1 aromatic carbocycles. The molecule has 3 amide bonds. The van der Waals surface area contributed by atoms with E-state index in [-0.39, 0.29) is 11.9 Å². The molecule has 2 aliphatic rings. The van der Waals surface area contributed by atoms with E-state index >= 15 is 0 Å². The largest absolute Gasteiger partial charge is 0.355 e. The molecule has 0 atom stereocenters. The van der Waals surface area contributed by atoms with Crippen molar-refractivity contribution in [3.63, 3.8) is 0 Å². The summed E-state index contributed by atoms with van der Waals surface area (Å²) in [7, 11) is 0. The third-order valence-corrected chi connectivity index (χ3v) is 5.60. The molecule has 2 N–H and O–H groups in total. The predicted octanol–water partition coefficient (Wildman–Crippen LogP) is 2.92. The summed E-state index contributed by atoms with van der Waals surface area (Å²) in [4.78, 5) is 28.8. The number of nitrogens with zero attached hydrogens (tertiary/aromatic N) is 2. The van der Waals surface area contributed by atoms with E-state index in [4.69, 9.17) is 0 Å². The van der Waals surface area contributed by atoms with Gasteiger partial charge in [0.25, 0.3) is 0 Å². The fraction of sp³-hybridized carbons (Fsp3) is 0.619. The first-order chi connectivity index (χ1) is 13.2. The van der Waals surface area contributed by atoms with E-state index < -0.39 is 0 Å². The van der Waals surface area contributed by atoms with Gasteiger partial charge in [-0.15, -0.1) is 0 Å². The van der Waals surface area contributed by atoms with Gasteiger partial charge in [0, 0.05) is 38.3 Å².